The molecule has 1 atom stereocenters. The highest BCUT2D eigenvalue weighted by Crippen LogP contribution is 2.30. The van der Waals surface area contributed by atoms with E-state index in [0.717, 1.165) is 17.7 Å². The number of hydrogen-bond acceptors (Lipinski definition) is 2. The molecule has 0 saturated heterocycles. The fraction of sp³-hybridized carbons (Fsp3) is 0.154. The van der Waals surface area contributed by atoms with Crippen LogP contribution in [0.15, 0.2) is 48.8 Å². The van der Waals surface area contributed by atoms with Gasteiger partial charge in [0.2, 0.25) is 0 Å². The number of rotatable bonds is 2. The van der Waals surface area contributed by atoms with Crippen molar-refractivity contribution in [2.45, 2.75) is 12.2 Å². The first kappa shape index (κ1) is 12.6. The van der Waals surface area contributed by atoms with Gasteiger partial charge in [-0.15, -0.1) is 0 Å². The Morgan fingerprint density at radius 1 is 1.00 bits per heavy atom. The zero-order valence-electron chi connectivity index (χ0n) is 9.35. The van der Waals surface area contributed by atoms with Gasteiger partial charge in [-0.2, -0.15) is 13.2 Å². The van der Waals surface area contributed by atoms with Crippen LogP contribution in [0.3, 0.4) is 0 Å². The van der Waals surface area contributed by atoms with Gasteiger partial charge in [-0.05, 0) is 29.3 Å². The zero-order valence-corrected chi connectivity index (χ0v) is 9.35. The Hall–Kier alpha value is -1.88. The molecule has 2 aromatic rings. The quantitative estimate of drug-likeness (QED) is 0.891. The first-order valence-electron chi connectivity index (χ1n) is 5.31. The van der Waals surface area contributed by atoms with Gasteiger partial charge in [0.15, 0.2) is 0 Å². The highest BCUT2D eigenvalue weighted by Gasteiger charge is 2.30. The van der Waals surface area contributed by atoms with E-state index in [1.54, 1.807) is 24.5 Å². The maximum atomic E-state index is 12.4. The molecule has 2 rings (SSSR count). The average Bonchev–Trinajstić information content (AvgIpc) is 2.38. The van der Waals surface area contributed by atoms with E-state index in [1.165, 1.54) is 12.1 Å². The van der Waals surface area contributed by atoms with E-state index in [1.807, 2.05) is 0 Å². The molecule has 18 heavy (non-hydrogen) atoms. The number of pyridine rings is 1. The molecule has 0 unspecified atom stereocenters. The van der Waals surface area contributed by atoms with Crippen molar-refractivity contribution < 1.29 is 13.2 Å². The molecular formula is C13H11F3N2. The summed E-state index contributed by atoms with van der Waals surface area (Å²) in [5.74, 6) is 0. The summed E-state index contributed by atoms with van der Waals surface area (Å²) in [6, 6.07) is 7.90. The first-order valence-corrected chi connectivity index (χ1v) is 5.31. The van der Waals surface area contributed by atoms with E-state index in [4.69, 9.17) is 5.73 Å². The molecule has 1 heterocycles. The molecule has 0 bridgehead atoms. The largest absolute Gasteiger partial charge is 0.416 e. The number of alkyl halides is 3. The maximum absolute atomic E-state index is 12.4. The van der Waals surface area contributed by atoms with Gasteiger partial charge in [0.25, 0.3) is 0 Å². The van der Waals surface area contributed by atoms with Crippen molar-refractivity contribution >= 4 is 0 Å². The van der Waals surface area contributed by atoms with E-state index in [0.29, 0.717) is 5.56 Å². The summed E-state index contributed by atoms with van der Waals surface area (Å²) in [7, 11) is 0. The van der Waals surface area contributed by atoms with Crippen LogP contribution in [0.25, 0.3) is 0 Å². The lowest BCUT2D eigenvalue weighted by atomic mass is 10.00. The molecular weight excluding hydrogens is 241 g/mol. The van der Waals surface area contributed by atoms with Crippen LogP contribution in [0.2, 0.25) is 0 Å². The molecule has 5 heteroatoms. The Balaban J connectivity index is 2.25. The van der Waals surface area contributed by atoms with Gasteiger partial charge in [-0.1, -0.05) is 18.2 Å². The smallest absolute Gasteiger partial charge is 0.320 e. The summed E-state index contributed by atoms with van der Waals surface area (Å²) in [4.78, 5) is 3.93. The van der Waals surface area contributed by atoms with Crippen LogP contribution in [0.4, 0.5) is 13.2 Å². The molecule has 0 aliphatic heterocycles. The van der Waals surface area contributed by atoms with Crippen molar-refractivity contribution in [3.63, 3.8) is 0 Å². The highest BCUT2D eigenvalue weighted by molar-refractivity contribution is 5.32. The fourth-order valence-electron chi connectivity index (χ4n) is 1.63. The molecule has 0 fully saturated rings. The molecule has 1 aromatic heterocycles. The summed E-state index contributed by atoms with van der Waals surface area (Å²) in [5, 5.41) is 0. The summed E-state index contributed by atoms with van der Waals surface area (Å²) >= 11 is 0. The minimum absolute atomic E-state index is 0.471. The van der Waals surface area contributed by atoms with Crippen molar-refractivity contribution in [2.75, 3.05) is 0 Å². The lowest BCUT2D eigenvalue weighted by Crippen LogP contribution is -2.12. The third-order valence-electron chi connectivity index (χ3n) is 2.64. The van der Waals surface area contributed by atoms with E-state index < -0.39 is 17.8 Å². The van der Waals surface area contributed by atoms with Crippen molar-refractivity contribution in [1.82, 2.24) is 4.98 Å². The van der Waals surface area contributed by atoms with Crippen LogP contribution in [0, 0.1) is 0 Å². The number of benzene rings is 1. The lowest BCUT2D eigenvalue weighted by Gasteiger charge is -2.13. The monoisotopic (exact) mass is 252 g/mol. The van der Waals surface area contributed by atoms with Crippen LogP contribution in [-0.2, 0) is 6.18 Å². The molecule has 2 N–H and O–H groups in total. The van der Waals surface area contributed by atoms with Crippen LogP contribution < -0.4 is 5.73 Å². The molecule has 0 amide bonds. The number of aromatic nitrogens is 1. The van der Waals surface area contributed by atoms with Crippen LogP contribution in [0.5, 0.6) is 0 Å². The molecule has 1 aromatic carbocycles. The van der Waals surface area contributed by atoms with Gasteiger partial charge in [0.1, 0.15) is 0 Å². The van der Waals surface area contributed by atoms with Crippen molar-refractivity contribution in [3.8, 4) is 0 Å². The highest BCUT2D eigenvalue weighted by atomic mass is 19.4. The first-order chi connectivity index (χ1) is 8.48. The Kier molecular flexibility index (Phi) is 3.34. The van der Waals surface area contributed by atoms with Gasteiger partial charge in [-0.3, -0.25) is 4.98 Å². The van der Waals surface area contributed by atoms with Gasteiger partial charge in [0.05, 0.1) is 11.6 Å². The molecule has 0 aliphatic carbocycles. The van der Waals surface area contributed by atoms with Crippen LogP contribution in [0.1, 0.15) is 22.7 Å². The number of nitrogens with zero attached hydrogens (tertiary/aromatic N) is 1. The number of hydrogen-bond donors (Lipinski definition) is 1. The summed E-state index contributed by atoms with van der Waals surface area (Å²) in [5.41, 5.74) is 6.66. The molecule has 2 nitrogen and oxygen atoms in total. The molecule has 94 valence electrons. The predicted molar refractivity (Wildman–Crippen MR) is 61.7 cm³/mol. The van der Waals surface area contributed by atoms with E-state index >= 15 is 0 Å². The van der Waals surface area contributed by atoms with E-state index in [9.17, 15) is 13.2 Å². The average molecular weight is 252 g/mol. The Labute approximate surface area is 102 Å². The molecule has 0 spiro atoms. The Morgan fingerprint density at radius 3 is 2.17 bits per heavy atom. The lowest BCUT2D eigenvalue weighted by molar-refractivity contribution is -0.137. The van der Waals surface area contributed by atoms with Gasteiger partial charge in [0, 0.05) is 12.4 Å². The van der Waals surface area contributed by atoms with E-state index in [2.05, 4.69) is 4.98 Å². The van der Waals surface area contributed by atoms with E-state index in [-0.39, 0.29) is 0 Å². The van der Waals surface area contributed by atoms with Crippen molar-refractivity contribution in [1.29, 1.82) is 0 Å². The topological polar surface area (TPSA) is 38.9 Å². The second-order valence-electron chi connectivity index (χ2n) is 3.88. The summed E-state index contributed by atoms with van der Waals surface area (Å²) < 4.78 is 37.2. The van der Waals surface area contributed by atoms with Gasteiger partial charge in [-0.25, -0.2) is 0 Å². The Morgan fingerprint density at radius 2 is 1.67 bits per heavy atom. The van der Waals surface area contributed by atoms with Crippen molar-refractivity contribution in [2.24, 2.45) is 5.73 Å². The predicted octanol–water partition coefficient (Wildman–Crippen LogP) is 3.15. The third-order valence-corrected chi connectivity index (χ3v) is 2.64. The van der Waals surface area contributed by atoms with Crippen LogP contribution in [-0.4, -0.2) is 4.98 Å². The number of halogens is 3. The number of nitrogens with two attached hydrogens (primary N) is 1. The molecule has 0 aliphatic rings. The Bertz CT molecular complexity index is 506. The normalized spacial score (nSPS) is 13.3. The molecule has 0 saturated carbocycles. The fourth-order valence-corrected chi connectivity index (χ4v) is 1.63. The van der Waals surface area contributed by atoms with Crippen molar-refractivity contribution in [3.05, 3.63) is 65.5 Å². The van der Waals surface area contributed by atoms with Gasteiger partial charge < -0.3 is 5.73 Å². The summed E-state index contributed by atoms with van der Waals surface area (Å²) in [6.45, 7) is 0. The minimum Gasteiger partial charge on any atom is -0.320 e. The third kappa shape index (κ3) is 2.68. The molecule has 0 radical (unpaired) electrons. The maximum Gasteiger partial charge on any atom is 0.416 e. The van der Waals surface area contributed by atoms with Gasteiger partial charge >= 0.3 is 6.18 Å². The standard InChI is InChI=1S/C13H11F3N2/c14-13(15,16)11-5-3-9(4-6-11)12(17)10-2-1-7-18-8-10/h1-8,12H,17H2/t12-/m0/s1. The zero-order chi connectivity index (χ0) is 13.2. The second-order valence-corrected chi connectivity index (χ2v) is 3.88. The summed E-state index contributed by atoms with van der Waals surface area (Å²) in [6.07, 6.45) is -1.11. The van der Waals surface area contributed by atoms with Crippen LogP contribution >= 0.6 is 0 Å². The second kappa shape index (κ2) is 4.78. The minimum atomic E-state index is -4.32. The SMILES string of the molecule is N[C@@H](c1ccc(C(F)(F)F)cc1)c1cccnc1.